The van der Waals surface area contributed by atoms with Crippen molar-refractivity contribution in [1.82, 2.24) is 5.32 Å². The van der Waals surface area contributed by atoms with Crippen LogP contribution in [0.4, 0.5) is 0 Å². The summed E-state index contributed by atoms with van der Waals surface area (Å²) in [6.07, 6.45) is 7.95. The van der Waals surface area contributed by atoms with Gasteiger partial charge < -0.3 is 10.1 Å². The highest BCUT2D eigenvalue weighted by atomic mass is 16.5. The molecule has 4 heteroatoms. The van der Waals surface area contributed by atoms with Gasteiger partial charge in [-0.2, -0.15) is 0 Å². The summed E-state index contributed by atoms with van der Waals surface area (Å²) in [6, 6.07) is 0.150. The molecular weight excluding hydrogens is 194 g/mol. The van der Waals surface area contributed by atoms with Crippen molar-refractivity contribution >= 4 is 11.9 Å². The minimum atomic E-state index is -0.794. The number of esters is 1. The quantitative estimate of drug-likeness (QED) is 0.529. The molecule has 0 spiro atoms. The molecular formula is C11H19NO3. The standard InChI is InChI=1S/C11H19NO3/c1-15-11(14)10(13)12-9-7-5-3-2-4-6-8-9/h9H,2-8H2,1H3,(H,12,13). The lowest BCUT2D eigenvalue weighted by atomic mass is 9.97. The summed E-state index contributed by atoms with van der Waals surface area (Å²) < 4.78 is 4.36. The van der Waals surface area contributed by atoms with Crippen molar-refractivity contribution in [3.05, 3.63) is 0 Å². The Morgan fingerprint density at radius 3 is 2.13 bits per heavy atom. The van der Waals surface area contributed by atoms with Crippen molar-refractivity contribution in [3.8, 4) is 0 Å². The molecule has 15 heavy (non-hydrogen) atoms. The Morgan fingerprint density at radius 2 is 1.60 bits per heavy atom. The summed E-state index contributed by atoms with van der Waals surface area (Å²) in [5.41, 5.74) is 0. The third kappa shape index (κ3) is 4.32. The SMILES string of the molecule is COC(=O)C(=O)NC1CCCCCCC1. The lowest BCUT2D eigenvalue weighted by Crippen LogP contribution is -2.40. The van der Waals surface area contributed by atoms with Gasteiger partial charge >= 0.3 is 11.9 Å². The van der Waals surface area contributed by atoms with Crippen LogP contribution in [-0.2, 0) is 14.3 Å². The fraction of sp³-hybridized carbons (Fsp3) is 0.818. The summed E-state index contributed by atoms with van der Waals surface area (Å²) in [4.78, 5) is 22.2. The van der Waals surface area contributed by atoms with E-state index in [0.717, 1.165) is 25.7 Å². The minimum Gasteiger partial charge on any atom is -0.462 e. The molecule has 1 amide bonds. The van der Waals surface area contributed by atoms with E-state index in [-0.39, 0.29) is 6.04 Å². The zero-order chi connectivity index (χ0) is 11.1. The molecule has 1 saturated carbocycles. The monoisotopic (exact) mass is 213 g/mol. The van der Waals surface area contributed by atoms with E-state index in [1.807, 2.05) is 0 Å². The first-order chi connectivity index (χ1) is 7.24. The Bertz CT molecular complexity index is 220. The van der Waals surface area contributed by atoms with Crippen molar-refractivity contribution in [2.75, 3.05) is 7.11 Å². The van der Waals surface area contributed by atoms with Gasteiger partial charge in [-0.25, -0.2) is 4.79 Å². The van der Waals surface area contributed by atoms with E-state index in [0.29, 0.717) is 0 Å². The molecule has 4 nitrogen and oxygen atoms in total. The van der Waals surface area contributed by atoms with Gasteiger partial charge in [0.05, 0.1) is 7.11 Å². The van der Waals surface area contributed by atoms with Crippen LogP contribution >= 0.6 is 0 Å². The Morgan fingerprint density at radius 1 is 1.07 bits per heavy atom. The van der Waals surface area contributed by atoms with Crippen molar-refractivity contribution in [2.24, 2.45) is 0 Å². The topological polar surface area (TPSA) is 55.4 Å². The largest absolute Gasteiger partial charge is 0.462 e. The van der Waals surface area contributed by atoms with Crippen molar-refractivity contribution < 1.29 is 14.3 Å². The van der Waals surface area contributed by atoms with Crippen LogP contribution in [0.5, 0.6) is 0 Å². The first-order valence-corrected chi connectivity index (χ1v) is 5.63. The summed E-state index contributed by atoms with van der Waals surface area (Å²) in [5.74, 6) is -1.40. The van der Waals surface area contributed by atoms with Crippen LogP contribution in [0.1, 0.15) is 44.9 Å². The van der Waals surface area contributed by atoms with Crippen LogP contribution in [0.25, 0.3) is 0 Å². The highest BCUT2D eigenvalue weighted by molar-refractivity contribution is 6.32. The third-order valence-corrected chi connectivity index (χ3v) is 2.81. The molecule has 1 N–H and O–H groups in total. The lowest BCUT2D eigenvalue weighted by molar-refractivity contribution is -0.153. The van der Waals surface area contributed by atoms with Gasteiger partial charge in [0.25, 0.3) is 0 Å². The van der Waals surface area contributed by atoms with Gasteiger partial charge in [0, 0.05) is 6.04 Å². The molecule has 0 unspecified atom stereocenters. The number of nitrogens with one attached hydrogen (secondary N) is 1. The number of hydrogen-bond acceptors (Lipinski definition) is 3. The maximum Gasteiger partial charge on any atom is 0.396 e. The molecule has 1 aliphatic carbocycles. The molecule has 0 atom stereocenters. The smallest absolute Gasteiger partial charge is 0.396 e. The second-order valence-electron chi connectivity index (χ2n) is 4.01. The van der Waals surface area contributed by atoms with Crippen LogP contribution in [0.2, 0.25) is 0 Å². The molecule has 0 aromatic rings. The van der Waals surface area contributed by atoms with Crippen LogP contribution in [0.15, 0.2) is 0 Å². The molecule has 0 saturated heterocycles. The summed E-state index contributed by atoms with van der Waals surface area (Å²) in [6.45, 7) is 0. The predicted octanol–water partition coefficient (Wildman–Crippen LogP) is 1.39. The van der Waals surface area contributed by atoms with E-state index in [4.69, 9.17) is 0 Å². The summed E-state index contributed by atoms with van der Waals surface area (Å²) in [5, 5.41) is 2.72. The zero-order valence-corrected chi connectivity index (χ0v) is 9.25. The van der Waals surface area contributed by atoms with Crippen molar-refractivity contribution in [3.63, 3.8) is 0 Å². The predicted molar refractivity (Wildman–Crippen MR) is 56.3 cm³/mol. The van der Waals surface area contributed by atoms with E-state index in [2.05, 4.69) is 10.1 Å². The van der Waals surface area contributed by atoms with E-state index in [1.165, 1.54) is 26.4 Å². The fourth-order valence-corrected chi connectivity index (χ4v) is 1.94. The van der Waals surface area contributed by atoms with E-state index in [1.54, 1.807) is 0 Å². The lowest BCUT2D eigenvalue weighted by Gasteiger charge is -2.20. The molecule has 1 fully saturated rings. The molecule has 86 valence electrons. The molecule has 0 radical (unpaired) electrons. The molecule has 0 bridgehead atoms. The molecule has 0 heterocycles. The van der Waals surface area contributed by atoms with Crippen LogP contribution in [-0.4, -0.2) is 25.0 Å². The zero-order valence-electron chi connectivity index (χ0n) is 9.25. The fourth-order valence-electron chi connectivity index (χ4n) is 1.94. The van der Waals surface area contributed by atoms with Crippen LogP contribution in [0, 0.1) is 0 Å². The maximum atomic E-state index is 11.3. The van der Waals surface area contributed by atoms with Gasteiger partial charge in [-0.1, -0.05) is 32.1 Å². The Balaban J connectivity index is 2.34. The van der Waals surface area contributed by atoms with Gasteiger partial charge in [0.2, 0.25) is 0 Å². The number of ether oxygens (including phenoxy) is 1. The van der Waals surface area contributed by atoms with Gasteiger partial charge in [0.1, 0.15) is 0 Å². The second-order valence-corrected chi connectivity index (χ2v) is 4.01. The van der Waals surface area contributed by atoms with E-state index in [9.17, 15) is 9.59 Å². The normalized spacial score (nSPS) is 18.7. The Hall–Kier alpha value is -1.06. The molecule has 1 aliphatic rings. The number of hydrogen-bond donors (Lipinski definition) is 1. The van der Waals surface area contributed by atoms with Crippen molar-refractivity contribution in [1.29, 1.82) is 0 Å². The maximum absolute atomic E-state index is 11.3. The van der Waals surface area contributed by atoms with Gasteiger partial charge in [-0.05, 0) is 12.8 Å². The molecule has 1 rings (SSSR count). The number of methoxy groups -OCH3 is 1. The first kappa shape index (κ1) is 12.0. The summed E-state index contributed by atoms with van der Waals surface area (Å²) in [7, 11) is 1.22. The number of rotatable bonds is 1. The highest BCUT2D eigenvalue weighted by Crippen LogP contribution is 2.16. The number of amides is 1. The average molecular weight is 213 g/mol. The minimum absolute atomic E-state index is 0.150. The summed E-state index contributed by atoms with van der Waals surface area (Å²) >= 11 is 0. The first-order valence-electron chi connectivity index (χ1n) is 5.63. The molecule has 0 aromatic heterocycles. The number of carbonyl (C=O) groups is 2. The van der Waals surface area contributed by atoms with Crippen LogP contribution in [0.3, 0.4) is 0 Å². The molecule has 0 aromatic carbocycles. The van der Waals surface area contributed by atoms with Gasteiger partial charge in [0.15, 0.2) is 0 Å². The highest BCUT2D eigenvalue weighted by Gasteiger charge is 2.19. The van der Waals surface area contributed by atoms with Crippen LogP contribution < -0.4 is 5.32 Å². The Kier molecular flexibility index (Phi) is 5.15. The second kappa shape index (κ2) is 6.43. The number of carbonyl (C=O) groups excluding carboxylic acids is 2. The molecule has 0 aliphatic heterocycles. The average Bonchev–Trinajstić information content (AvgIpc) is 2.20. The van der Waals surface area contributed by atoms with Gasteiger partial charge in [-0.3, -0.25) is 4.79 Å². The van der Waals surface area contributed by atoms with Crippen molar-refractivity contribution in [2.45, 2.75) is 51.0 Å². The third-order valence-electron chi connectivity index (χ3n) is 2.81. The van der Waals surface area contributed by atoms with E-state index >= 15 is 0 Å². The van der Waals surface area contributed by atoms with E-state index < -0.39 is 11.9 Å². The van der Waals surface area contributed by atoms with Gasteiger partial charge in [-0.15, -0.1) is 0 Å². The Labute approximate surface area is 90.4 Å².